The smallest absolute Gasteiger partial charge is 0.122 e. The van der Waals surface area contributed by atoms with Crippen LogP contribution in [0.25, 0.3) is 0 Å². The van der Waals surface area contributed by atoms with E-state index < -0.39 is 0 Å². The molecule has 2 aromatic carbocycles. The lowest BCUT2D eigenvalue weighted by atomic mass is 9.91. The fraction of sp³-hybridized carbons (Fsp3) is 0.333. The number of aryl methyl sites for hydroxylation is 2. The summed E-state index contributed by atoms with van der Waals surface area (Å²) in [6, 6.07) is 12.5. The third-order valence-electron chi connectivity index (χ3n) is 3.83. The van der Waals surface area contributed by atoms with Crippen molar-refractivity contribution in [3.05, 3.63) is 58.7 Å². The molecule has 2 rings (SSSR count). The van der Waals surface area contributed by atoms with Crippen molar-refractivity contribution in [3.63, 3.8) is 0 Å². The third kappa shape index (κ3) is 3.19. The number of ether oxygens (including phenoxy) is 2. The Hall–Kier alpha value is -2.00. The van der Waals surface area contributed by atoms with Gasteiger partial charge in [0.2, 0.25) is 0 Å². The first-order valence-corrected chi connectivity index (χ1v) is 7.07. The van der Waals surface area contributed by atoms with Crippen LogP contribution in [0.5, 0.6) is 11.5 Å². The summed E-state index contributed by atoms with van der Waals surface area (Å²) in [6.07, 6.45) is 0. The van der Waals surface area contributed by atoms with Gasteiger partial charge in [-0.25, -0.2) is 0 Å². The molecule has 0 saturated heterocycles. The average molecular weight is 285 g/mol. The van der Waals surface area contributed by atoms with Crippen LogP contribution in [0.2, 0.25) is 0 Å². The molecular weight excluding hydrogens is 262 g/mol. The van der Waals surface area contributed by atoms with Crippen LogP contribution in [0, 0.1) is 13.8 Å². The van der Waals surface area contributed by atoms with Gasteiger partial charge < -0.3 is 14.8 Å². The van der Waals surface area contributed by atoms with E-state index in [1.807, 2.05) is 13.1 Å². The number of rotatable bonds is 5. The Morgan fingerprint density at radius 2 is 1.43 bits per heavy atom. The molecule has 0 aliphatic heterocycles. The van der Waals surface area contributed by atoms with Crippen molar-refractivity contribution < 1.29 is 9.47 Å². The van der Waals surface area contributed by atoms with E-state index in [1.165, 1.54) is 16.7 Å². The summed E-state index contributed by atoms with van der Waals surface area (Å²) in [5.41, 5.74) is 4.98. The second-order valence-electron chi connectivity index (χ2n) is 5.17. The predicted molar refractivity (Wildman–Crippen MR) is 86.4 cm³/mol. The van der Waals surface area contributed by atoms with Crippen LogP contribution in [0.3, 0.4) is 0 Å². The molecule has 0 amide bonds. The normalized spacial score (nSPS) is 12.0. The number of nitrogens with one attached hydrogen (secondary N) is 1. The van der Waals surface area contributed by atoms with Gasteiger partial charge >= 0.3 is 0 Å². The molecule has 1 atom stereocenters. The van der Waals surface area contributed by atoms with Gasteiger partial charge in [-0.1, -0.05) is 18.2 Å². The van der Waals surface area contributed by atoms with Crippen LogP contribution >= 0.6 is 0 Å². The molecule has 0 aliphatic carbocycles. The van der Waals surface area contributed by atoms with E-state index in [0.717, 1.165) is 17.1 Å². The second-order valence-corrected chi connectivity index (χ2v) is 5.17. The van der Waals surface area contributed by atoms with E-state index >= 15 is 0 Å². The Bertz CT molecular complexity index is 580. The highest BCUT2D eigenvalue weighted by atomic mass is 16.5. The molecule has 0 spiro atoms. The number of hydrogen-bond donors (Lipinski definition) is 1. The minimum absolute atomic E-state index is 0.107. The topological polar surface area (TPSA) is 30.5 Å². The van der Waals surface area contributed by atoms with Gasteiger partial charge in [0.05, 0.1) is 20.3 Å². The molecule has 2 aromatic rings. The van der Waals surface area contributed by atoms with E-state index in [4.69, 9.17) is 9.47 Å². The van der Waals surface area contributed by atoms with Crippen LogP contribution in [0.4, 0.5) is 0 Å². The van der Waals surface area contributed by atoms with E-state index in [9.17, 15) is 0 Å². The number of hydrogen-bond acceptors (Lipinski definition) is 3. The molecular formula is C18H23NO2. The summed E-state index contributed by atoms with van der Waals surface area (Å²) in [7, 11) is 5.32. The van der Waals surface area contributed by atoms with Gasteiger partial charge in [0.1, 0.15) is 11.5 Å². The van der Waals surface area contributed by atoms with Crippen molar-refractivity contribution in [3.8, 4) is 11.5 Å². The fourth-order valence-electron chi connectivity index (χ4n) is 2.76. The van der Waals surface area contributed by atoms with Gasteiger partial charge in [0.25, 0.3) is 0 Å². The second kappa shape index (κ2) is 6.64. The van der Waals surface area contributed by atoms with E-state index in [2.05, 4.69) is 49.5 Å². The summed E-state index contributed by atoms with van der Waals surface area (Å²) in [4.78, 5) is 0. The molecule has 3 nitrogen and oxygen atoms in total. The first-order chi connectivity index (χ1) is 10.1. The first kappa shape index (κ1) is 15.4. The van der Waals surface area contributed by atoms with Gasteiger partial charge in [0, 0.05) is 6.07 Å². The zero-order valence-corrected chi connectivity index (χ0v) is 13.4. The molecule has 0 radical (unpaired) electrons. The van der Waals surface area contributed by atoms with Crippen LogP contribution in [-0.4, -0.2) is 21.3 Å². The molecule has 1 unspecified atom stereocenters. The van der Waals surface area contributed by atoms with Crippen molar-refractivity contribution in [2.75, 3.05) is 21.3 Å². The van der Waals surface area contributed by atoms with E-state index in [1.54, 1.807) is 14.2 Å². The zero-order chi connectivity index (χ0) is 15.4. The predicted octanol–water partition coefficient (Wildman–Crippen LogP) is 3.63. The van der Waals surface area contributed by atoms with Crippen LogP contribution in [-0.2, 0) is 0 Å². The molecule has 1 N–H and O–H groups in total. The van der Waals surface area contributed by atoms with Crippen LogP contribution in [0.1, 0.15) is 28.3 Å². The molecule has 0 heterocycles. The maximum atomic E-state index is 5.38. The van der Waals surface area contributed by atoms with Crippen molar-refractivity contribution >= 4 is 0 Å². The summed E-state index contributed by atoms with van der Waals surface area (Å²) in [5.74, 6) is 1.60. The Kier molecular flexibility index (Phi) is 4.86. The molecule has 0 saturated carbocycles. The summed E-state index contributed by atoms with van der Waals surface area (Å²) in [6.45, 7) is 4.29. The standard InChI is InChI=1S/C18H23NO2/c1-12-7-6-8-13(2)17(12)18(19-3)14-9-15(20-4)11-16(10-14)21-5/h6-11,18-19H,1-5H3. The first-order valence-electron chi connectivity index (χ1n) is 7.07. The highest BCUT2D eigenvalue weighted by molar-refractivity contribution is 5.46. The molecule has 0 fully saturated rings. The lowest BCUT2D eigenvalue weighted by molar-refractivity contribution is 0.392. The SMILES string of the molecule is CNC(c1cc(OC)cc(OC)c1)c1c(C)cccc1C. The summed E-state index contributed by atoms with van der Waals surface area (Å²) in [5, 5.41) is 3.41. The molecule has 112 valence electrons. The van der Waals surface area contributed by atoms with Gasteiger partial charge in [-0.15, -0.1) is 0 Å². The van der Waals surface area contributed by atoms with Gasteiger partial charge in [0.15, 0.2) is 0 Å². The van der Waals surface area contributed by atoms with E-state index in [0.29, 0.717) is 0 Å². The molecule has 0 bridgehead atoms. The Balaban J connectivity index is 2.56. The largest absolute Gasteiger partial charge is 0.497 e. The van der Waals surface area contributed by atoms with Crippen molar-refractivity contribution in [2.24, 2.45) is 0 Å². The van der Waals surface area contributed by atoms with Crippen LogP contribution < -0.4 is 14.8 Å². The van der Waals surface area contributed by atoms with Crippen molar-refractivity contribution in [1.82, 2.24) is 5.32 Å². The highest BCUT2D eigenvalue weighted by Crippen LogP contribution is 2.32. The van der Waals surface area contributed by atoms with Crippen LogP contribution in [0.15, 0.2) is 36.4 Å². The monoisotopic (exact) mass is 285 g/mol. The fourth-order valence-corrected chi connectivity index (χ4v) is 2.76. The molecule has 21 heavy (non-hydrogen) atoms. The molecule has 0 aromatic heterocycles. The lowest BCUT2D eigenvalue weighted by Gasteiger charge is -2.22. The minimum Gasteiger partial charge on any atom is -0.497 e. The maximum absolute atomic E-state index is 5.38. The zero-order valence-electron chi connectivity index (χ0n) is 13.4. The Labute approximate surface area is 126 Å². The van der Waals surface area contributed by atoms with Crippen molar-refractivity contribution in [2.45, 2.75) is 19.9 Å². The molecule has 3 heteroatoms. The quantitative estimate of drug-likeness (QED) is 0.910. The number of benzene rings is 2. The Morgan fingerprint density at radius 1 is 0.905 bits per heavy atom. The minimum atomic E-state index is 0.107. The van der Waals surface area contributed by atoms with Gasteiger partial charge in [-0.05, 0) is 55.3 Å². The Morgan fingerprint density at radius 3 is 1.86 bits per heavy atom. The lowest BCUT2D eigenvalue weighted by Crippen LogP contribution is -2.20. The summed E-state index contributed by atoms with van der Waals surface area (Å²) >= 11 is 0. The van der Waals surface area contributed by atoms with E-state index in [-0.39, 0.29) is 6.04 Å². The van der Waals surface area contributed by atoms with Gasteiger partial charge in [-0.3, -0.25) is 0 Å². The molecule has 0 aliphatic rings. The van der Waals surface area contributed by atoms with Gasteiger partial charge in [-0.2, -0.15) is 0 Å². The summed E-state index contributed by atoms with van der Waals surface area (Å²) < 4.78 is 10.8. The average Bonchev–Trinajstić information content (AvgIpc) is 2.50. The van der Waals surface area contributed by atoms with Crippen molar-refractivity contribution in [1.29, 1.82) is 0 Å². The maximum Gasteiger partial charge on any atom is 0.122 e. The third-order valence-corrected chi connectivity index (χ3v) is 3.83. The number of methoxy groups -OCH3 is 2. The highest BCUT2D eigenvalue weighted by Gasteiger charge is 2.18.